The Hall–Kier alpha value is -1.30. The van der Waals surface area contributed by atoms with Crippen molar-refractivity contribution in [2.75, 3.05) is 5.73 Å². The van der Waals surface area contributed by atoms with E-state index in [1.807, 2.05) is 0 Å². The standard InChI is InChI=1S/C13H13Cl3N4O/c14-8-10(17)9(15)12(16)19-11(8)13(21)20-18-6-7-4-2-1-3-5-7/h1-2,6-7H,3-5H2,(H2,17,19)(H,20,21)/b18-6-/t7-/m1/s1. The zero-order valence-corrected chi connectivity index (χ0v) is 13.2. The Balaban J connectivity index is 2.07. The second kappa shape index (κ2) is 7.11. The van der Waals surface area contributed by atoms with Gasteiger partial charge in [-0.15, -0.1) is 0 Å². The zero-order valence-electron chi connectivity index (χ0n) is 10.9. The molecule has 1 heterocycles. The molecule has 1 atom stereocenters. The Labute approximate surface area is 137 Å². The summed E-state index contributed by atoms with van der Waals surface area (Å²) < 4.78 is 0. The molecule has 8 heteroatoms. The molecule has 3 N–H and O–H groups in total. The third kappa shape index (κ3) is 3.87. The van der Waals surface area contributed by atoms with E-state index in [2.05, 4.69) is 27.7 Å². The summed E-state index contributed by atoms with van der Waals surface area (Å²) in [5.41, 5.74) is 7.93. The van der Waals surface area contributed by atoms with E-state index in [-0.39, 0.29) is 26.6 Å². The molecule has 0 spiro atoms. The van der Waals surface area contributed by atoms with E-state index in [1.165, 1.54) is 0 Å². The number of nitrogens with two attached hydrogens (primary N) is 1. The molecule has 1 aliphatic carbocycles. The lowest BCUT2D eigenvalue weighted by Gasteiger charge is -2.12. The fraction of sp³-hybridized carbons (Fsp3) is 0.308. The topological polar surface area (TPSA) is 80.4 Å². The summed E-state index contributed by atoms with van der Waals surface area (Å²) in [6, 6.07) is 0. The molecule has 5 nitrogen and oxygen atoms in total. The van der Waals surface area contributed by atoms with E-state index >= 15 is 0 Å². The number of hydrogen-bond acceptors (Lipinski definition) is 4. The van der Waals surface area contributed by atoms with E-state index < -0.39 is 5.91 Å². The Morgan fingerprint density at radius 1 is 1.38 bits per heavy atom. The van der Waals surface area contributed by atoms with Crippen molar-refractivity contribution in [1.29, 1.82) is 0 Å². The van der Waals surface area contributed by atoms with Gasteiger partial charge in [0.25, 0.3) is 5.91 Å². The van der Waals surface area contributed by atoms with E-state index in [1.54, 1.807) is 6.21 Å². The molecule has 1 aromatic rings. The van der Waals surface area contributed by atoms with Crippen molar-refractivity contribution >= 4 is 52.6 Å². The SMILES string of the molecule is Nc1c(Cl)c(Cl)nc(C(=O)N/N=C\[C@@H]2CC=CCC2)c1Cl. The van der Waals surface area contributed by atoms with Crippen molar-refractivity contribution in [3.05, 3.63) is 33.0 Å². The lowest BCUT2D eigenvalue weighted by molar-refractivity contribution is 0.0950. The highest BCUT2D eigenvalue weighted by atomic mass is 35.5. The molecule has 0 radical (unpaired) electrons. The van der Waals surface area contributed by atoms with Gasteiger partial charge < -0.3 is 5.73 Å². The molecule has 1 amide bonds. The first-order valence-electron chi connectivity index (χ1n) is 6.29. The molecule has 1 aliphatic rings. The van der Waals surface area contributed by atoms with Gasteiger partial charge in [-0.3, -0.25) is 4.79 Å². The van der Waals surface area contributed by atoms with Gasteiger partial charge in [0.1, 0.15) is 5.02 Å². The number of hydrazone groups is 1. The first-order chi connectivity index (χ1) is 10.0. The van der Waals surface area contributed by atoms with E-state index in [4.69, 9.17) is 40.5 Å². The van der Waals surface area contributed by atoms with Gasteiger partial charge in [0.15, 0.2) is 10.8 Å². The van der Waals surface area contributed by atoms with Crippen molar-refractivity contribution < 1.29 is 4.79 Å². The van der Waals surface area contributed by atoms with Crippen molar-refractivity contribution in [3.8, 4) is 0 Å². The molecule has 21 heavy (non-hydrogen) atoms. The van der Waals surface area contributed by atoms with E-state index in [0.717, 1.165) is 19.3 Å². The molecule has 0 saturated heterocycles. The number of halogens is 3. The van der Waals surface area contributed by atoms with Crippen LogP contribution in [0.1, 0.15) is 29.8 Å². The molecular weight excluding hydrogens is 335 g/mol. The Bertz CT molecular complexity index is 616. The molecule has 0 saturated carbocycles. The van der Waals surface area contributed by atoms with Gasteiger partial charge in [-0.25, -0.2) is 10.4 Å². The van der Waals surface area contributed by atoms with Crippen LogP contribution in [0.25, 0.3) is 0 Å². The van der Waals surface area contributed by atoms with Crippen molar-refractivity contribution in [2.45, 2.75) is 19.3 Å². The van der Waals surface area contributed by atoms with Crippen LogP contribution in [0.4, 0.5) is 5.69 Å². The summed E-state index contributed by atoms with van der Waals surface area (Å²) in [5, 5.41) is 3.82. The van der Waals surface area contributed by atoms with Crippen LogP contribution < -0.4 is 11.2 Å². The number of amides is 1. The number of rotatable bonds is 3. The maximum absolute atomic E-state index is 12.0. The third-order valence-corrected chi connectivity index (χ3v) is 4.18. The largest absolute Gasteiger partial charge is 0.396 e. The van der Waals surface area contributed by atoms with Crippen LogP contribution in [0.5, 0.6) is 0 Å². The maximum atomic E-state index is 12.0. The summed E-state index contributed by atoms with van der Waals surface area (Å²) in [5.74, 6) is -0.273. The third-order valence-electron chi connectivity index (χ3n) is 3.05. The highest BCUT2D eigenvalue weighted by Crippen LogP contribution is 2.34. The molecule has 0 bridgehead atoms. The highest BCUT2D eigenvalue weighted by Gasteiger charge is 2.19. The normalized spacial score (nSPS) is 18.1. The maximum Gasteiger partial charge on any atom is 0.291 e. The van der Waals surface area contributed by atoms with Crippen molar-refractivity contribution in [2.24, 2.45) is 11.0 Å². The van der Waals surface area contributed by atoms with Gasteiger partial charge in [-0.2, -0.15) is 5.10 Å². The van der Waals surface area contributed by atoms with Gasteiger partial charge in [0.2, 0.25) is 0 Å². The average molecular weight is 348 g/mol. The molecule has 2 rings (SSSR count). The van der Waals surface area contributed by atoms with Gasteiger partial charge >= 0.3 is 0 Å². The summed E-state index contributed by atoms with van der Waals surface area (Å²) >= 11 is 17.5. The number of pyridine rings is 1. The number of anilines is 1. The van der Waals surface area contributed by atoms with Crippen LogP contribution >= 0.6 is 34.8 Å². The predicted octanol–water partition coefficient (Wildman–Crippen LogP) is 3.70. The fourth-order valence-electron chi connectivity index (χ4n) is 1.89. The fourth-order valence-corrected chi connectivity index (χ4v) is 2.48. The lowest BCUT2D eigenvalue weighted by atomic mass is 9.96. The van der Waals surface area contributed by atoms with E-state index in [0.29, 0.717) is 5.92 Å². The summed E-state index contributed by atoms with van der Waals surface area (Å²) in [7, 11) is 0. The van der Waals surface area contributed by atoms with Gasteiger partial charge in [0.05, 0.1) is 10.7 Å². The number of aromatic nitrogens is 1. The molecular formula is C13H13Cl3N4O. The molecule has 112 valence electrons. The van der Waals surface area contributed by atoms with Crippen LogP contribution in [0.2, 0.25) is 15.2 Å². The average Bonchev–Trinajstić information content (AvgIpc) is 2.49. The summed E-state index contributed by atoms with van der Waals surface area (Å²) in [6.45, 7) is 0. The van der Waals surface area contributed by atoms with Crippen LogP contribution in [0.3, 0.4) is 0 Å². The van der Waals surface area contributed by atoms with Gasteiger partial charge in [-0.1, -0.05) is 47.0 Å². The monoisotopic (exact) mass is 346 g/mol. The quantitative estimate of drug-likeness (QED) is 0.379. The number of carbonyl (C=O) groups is 1. The Kier molecular flexibility index (Phi) is 5.45. The first-order valence-corrected chi connectivity index (χ1v) is 7.42. The smallest absolute Gasteiger partial charge is 0.291 e. The minimum atomic E-state index is -0.590. The van der Waals surface area contributed by atoms with E-state index in [9.17, 15) is 4.79 Å². The minimum Gasteiger partial charge on any atom is -0.396 e. The first kappa shape index (κ1) is 16.1. The molecule has 0 aliphatic heterocycles. The van der Waals surface area contributed by atoms with Gasteiger partial charge in [0, 0.05) is 6.21 Å². The number of nitrogen functional groups attached to an aromatic ring is 1. The lowest BCUT2D eigenvalue weighted by Crippen LogP contribution is -2.21. The van der Waals surface area contributed by atoms with Crippen LogP contribution in [0.15, 0.2) is 17.3 Å². The number of nitrogens with one attached hydrogen (secondary N) is 1. The minimum absolute atomic E-state index is 0.0184. The number of nitrogens with zero attached hydrogens (tertiary/aromatic N) is 2. The number of allylic oxidation sites excluding steroid dienone is 2. The summed E-state index contributed by atoms with van der Waals surface area (Å²) in [6.07, 6.45) is 8.87. The van der Waals surface area contributed by atoms with Crippen LogP contribution in [-0.4, -0.2) is 17.1 Å². The molecule has 0 unspecified atom stereocenters. The summed E-state index contributed by atoms with van der Waals surface area (Å²) in [4.78, 5) is 15.8. The predicted molar refractivity (Wildman–Crippen MR) is 86.1 cm³/mol. The Morgan fingerprint density at radius 2 is 2.14 bits per heavy atom. The second-order valence-electron chi connectivity index (χ2n) is 4.56. The van der Waals surface area contributed by atoms with Crippen LogP contribution in [0, 0.1) is 5.92 Å². The Morgan fingerprint density at radius 3 is 2.81 bits per heavy atom. The highest BCUT2D eigenvalue weighted by molar-refractivity contribution is 6.46. The zero-order chi connectivity index (χ0) is 15.4. The molecule has 1 aromatic heterocycles. The van der Waals surface area contributed by atoms with Crippen molar-refractivity contribution in [1.82, 2.24) is 10.4 Å². The second-order valence-corrected chi connectivity index (χ2v) is 5.67. The number of hydrogen-bond donors (Lipinski definition) is 2. The van der Waals surface area contributed by atoms with Crippen LogP contribution in [-0.2, 0) is 0 Å². The number of carbonyl (C=O) groups excluding carboxylic acids is 1. The van der Waals surface area contributed by atoms with Crippen molar-refractivity contribution in [3.63, 3.8) is 0 Å². The molecule has 0 fully saturated rings. The van der Waals surface area contributed by atoms with Gasteiger partial charge in [-0.05, 0) is 25.2 Å². The molecule has 0 aromatic carbocycles.